The van der Waals surface area contributed by atoms with Crippen LogP contribution in [-0.4, -0.2) is 236 Å². The quantitative estimate of drug-likeness (QED) is 0.124. The highest BCUT2D eigenvalue weighted by atomic mass is 19.1. The molecule has 0 unspecified atom stereocenters. The second-order valence-electron chi connectivity index (χ2n) is 37.8. The zero-order valence-corrected chi connectivity index (χ0v) is 81.1. The third-order valence-electron chi connectivity index (χ3n) is 27.4. The van der Waals surface area contributed by atoms with Crippen molar-refractivity contribution in [3.8, 4) is 55.9 Å². The Hall–Kier alpha value is -15.9. The van der Waals surface area contributed by atoms with Gasteiger partial charge in [0.1, 0.15) is 39.5 Å². The fourth-order valence-corrected chi connectivity index (χ4v) is 19.2. The van der Waals surface area contributed by atoms with Crippen molar-refractivity contribution in [2.45, 2.75) is 47.5 Å². The number of hydrogen-bond acceptors (Lipinski definition) is 27. The van der Waals surface area contributed by atoms with Gasteiger partial charge in [0, 0.05) is 271 Å². The van der Waals surface area contributed by atoms with Gasteiger partial charge < -0.3 is 93.5 Å². The molecule has 32 nitrogen and oxygen atoms in total. The molecule has 5 aliphatic rings. The highest BCUT2D eigenvalue weighted by molar-refractivity contribution is 5.90. The Bertz CT molecular complexity index is 8590. The lowest BCUT2D eigenvalue weighted by molar-refractivity contribution is 0.313. The summed E-state index contributed by atoms with van der Waals surface area (Å²) in [5.74, 6) is -0.825. The summed E-state index contributed by atoms with van der Waals surface area (Å²) >= 11 is 0. The molecule has 5 aliphatic heterocycles. The minimum absolute atomic E-state index is 0.227. The molecule has 0 atom stereocenters. The van der Waals surface area contributed by atoms with E-state index in [1.165, 1.54) is 24.3 Å². The molecule has 0 radical (unpaired) electrons. The predicted molar refractivity (Wildman–Crippen MR) is 556 cm³/mol. The number of aromatic nitrogens is 12. The van der Waals surface area contributed by atoms with E-state index >= 15 is 4.39 Å². The maximum absolute atomic E-state index is 15.0. The molecule has 34 heteroatoms. The average molecular weight is 1920 g/mol. The van der Waals surface area contributed by atoms with Crippen LogP contribution in [0.4, 0.5) is 37.2 Å². The molecule has 0 saturated carbocycles. The Labute approximate surface area is 818 Å². The number of imidazole rings is 2. The summed E-state index contributed by atoms with van der Waals surface area (Å²) in [4.78, 5) is 114. The largest absolute Gasteiger partial charge is 0.422 e. The topological polar surface area (TPSA) is 305 Å². The molecule has 1 N–H and O–H groups in total. The normalized spacial score (nSPS) is 15.5. The van der Waals surface area contributed by atoms with E-state index in [-0.39, 0.29) is 49.9 Å². The highest BCUT2D eigenvalue weighted by Gasteiger charge is 2.26. The highest BCUT2D eigenvalue weighted by Crippen LogP contribution is 2.36. The Morgan fingerprint density at radius 2 is 0.573 bits per heavy atom. The number of anilines is 5. The fourth-order valence-electron chi connectivity index (χ4n) is 19.2. The van der Waals surface area contributed by atoms with E-state index in [1.807, 2.05) is 183 Å². The number of piperazine rings is 3. The maximum Gasteiger partial charge on any atom is 0.345 e. The van der Waals surface area contributed by atoms with Gasteiger partial charge in [-0.3, -0.25) is 24.9 Å². The van der Waals surface area contributed by atoms with E-state index < -0.39 is 22.9 Å². The van der Waals surface area contributed by atoms with E-state index in [0.29, 0.717) is 56.1 Å². The van der Waals surface area contributed by atoms with Crippen LogP contribution in [0.3, 0.4) is 0 Å². The van der Waals surface area contributed by atoms with Gasteiger partial charge in [-0.05, 0) is 186 Å². The smallest absolute Gasteiger partial charge is 0.345 e. The molecular formula is C109H108F2N22O10. The van der Waals surface area contributed by atoms with Gasteiger partial charge in [0.05, 0.1) is 126 Å². The lowest BCUT2D eigenvalue weighted by Gasteiger charge is -2.34. The second-order valence-corrected chi connectivity index (χ2v) is 37.8. The molecule has 5 aromatic carbocycles. The third kappa shape index (κ3) is 20.2. The maximum atomic E-state index is 15.0. The molecule has 0 spiro atoms. The van der Waals surface area contributed by atoms with Crippen molar-refractivity contribution < 1.29 is 30.9 Å². The van der Waals surface area contributed by atoms with Gasteiger partial charge in [-0.2, -0.15) is 0 Å². The van der Waals surface area contributed by atoms with Crippen molar-refractivity contribution >= 4 is 111 Å². The molecule has 5 fully saturated rings. The minimum Gasteiger partial charge on any atom is -0.422 e. The van der Waals surface area contributed by atoms with Crippen LogP contribution in [0, 0.1) is 46.3 Å². The van der Waals surface area contributed by atoms with Gasteiger partial charge in [-0.1, -0.05) is 0 Å². The first kappa shape index (κ1) is 93.4. The molecule has 15 aromatic heterocycles. The number of likely N-dealkylation sites (N-methyl/N-ethyl adjacent to an activating group) is 4. The number of fused-ring (bicyclic) bond motifs is 10. The van der Waals surface area contributed by atoms with Crippen LogP contribution in [0.1, 0.15) is 41.3 Å². The Balaban J connectivity index is 0.000000106. The number of hydrogen-bond donors (Lipinski definition) is 1. The van der Waals surface area contributed by atoms with E-state index in [2.05, 4.69) is 131 Å². The van der Waals surface area contributed by atoms with Crippen molar-refractivity contribution in [1.82, 2.24) is 81.8 Å². The number of halogens is 2. The van der Waals surface area contributed by atoms with Crippen LogP contribution in [0.15, 0.2) is 266 Å². The molecule has 20 heterocycles. The van der Waals surface area contributed by atoms with Crippen molar-refractivity contribution in [3.63, 3.8) is 0 Å². The SMILES string of the molecule is Cc1cn2cc(-c3cc4c(F)cc(N5CCCN(C)CC5)cc4oc3=O)nc2cn1.Cc1cn2cc(-c3cc4c(F)cc(N5CCN(C)CC5)cc4oc3=O)nc2cn1.Cc1cn2cc(-c3cc4ccc(N5CCCN(C)CC5)cc4oc3=O)cc2cn1.Cc1cn2cc(-c3cc4ccc(N5CCN(C)CC5)cc4oc3=O)cc2cn1.Cc1cn2cc(-c3cc4ccc(N5CCNCC5)cc4oc3=O)cc2cn1. The Kier molecular flexibility index (Phi) is 25.9. The molecule has 5 saturated heterocycles. The van der Waals surface area contributed by atoms with Gasteiger partial charge in [-0.25, -0.2) is 42.7 Å². The van der Waals surface area contributed by atoms with E-state index in [0.717, 1.165) is 250 Å². The van der Waals surface area contributed by atoms with E-state index in [4.69, 9.17) is 22.1 Å². The zero-order chi connectivity index (χ0) is 98.5. The molecule has 728 valence electrons. The average Bonchev–Trinajstić information content (AvgIpc) is 1.75. The standard InChI is InChI=1S/C23H24N4O2.C22H22FN5O2.C22H22N4O2.C21H20FN5O2.C21H20N4O2/c1-16-14-27-15-18(10-20(27)13-24-16)21-11-17-4-5-19(12-22(17)29-23(21)28)26-7-3-6-25(2)8-9-26;1-14-12-28-13-19(25-21(28)11-24-14)17-10-16-18(23)8-15(9-20(16)30-22(17)29)27-5-3-4-26(2)6-7-27;1-15-13-26-14-17(9-19(26)12-23-15)20-10-16-3-4-18(11-21(16)28-22(20)27)25-7-5-24(2)6-8-25;1-13-11-27-12-18(24-20(27)10-23-13)16-9-15-17(22)7-14(8-19(15)29-21(16)28)26-5-3-25(2)4-6-26;1-14-12-25-13-16(8-18(25)11-23-14)19-9-15-2-3-17(10-20(15)27-21(19)26)24-6-4-22-5-7-24/h4-5,10-15H,3,6-9H2,1-2H3;8-13H,3-7H2,1-2H3;3-4,9-14H,5-8H2,1-2H3;7-12H,3-6H2,1-2H3;2-3,8-13,22H,4-7H2,1H3. The van der Waals surface area contributed by atoms with Gasteiger partial charge >= 0.3 is 28.1 Å². The number of rotatable bonds is 10. The van der Waals surface area contributed by atoms with Crippen molar-refractivity contribution in [3.05, 3.63) is 313 Å². The van der Waals surface area contributed by atoms with Crippen LogP contribution in [0.5, 0.6) is 0 Å². The molecule has 25 rings (SSSR count). The van der Waals surface area contributed by atoms with Crippen LogP contribution >= 0.6 is 0 Å². The lowest BCUT2D eigenvalue weighted by atomic mass is 10.1. The molecule has 0 amide bonds. The van der Waals surface area contributed by atoms with Crippen LogP contribution in [0.25, 0.3) is 139 Å². The van der Waals surface area contributed by atoms with Crippen molar-refractivity contribution in [1.29, 1.82) is 0 Å². The van der Waals surface area contributed by atoms with Crippen LogP contribution < -0.4 is 57.9 Å². The number of aryl methyl sites for hydroxylation is 5. The fraction of sp³-hybridized carbons (Fsp3) is 0.284. The summed E-state index contributed by atoms with van der Waals surface area (Å²) in [6, 6.07) is 39.6. The second kappa shape index (κ2) is 39.7. The summed E-state index contributed by atoms with van der Waals surface area (Å²) in [6.07, 6.45) is 29.6. The van der Waals surface area contributed by atoms with Crippen LogP contribution in [-0.2, 0) is 0 Å². The van der Waals surface area contributed by atoms with Gasteiger partial charge in [0.15, 0.2) is 11.3 Å². The summed E-state index contributed by atoms with van der Waals surface area (Å²) < 4.78 is 67.6. The van der Waals surface area contributed by atoms with Crippen LogP contribution in [0.2, 0.25) is 0 Å². The first-order chi connectivity index (χ1) is 69.2. The molecular weight excluding hydrogens is 1820 g/mol. The molecule has 143 heavy (non-hydrogen) atoms. The van der Waals surface area contributed by atoms with E-state index in [1.54, 1.807) is 51.9 Å². The lowest BCUT2D eigenvalue weighted by Crippen LogP contribution is -2.44. The molecule has 20 aromatic rings. The monoisotopic (exact) mass is 1920 g/mol. The Morgan fingerprint density at radius 1 is 0.280 bits per heavy atom. The van der Waals surface area contributed by atoms with Gasteiger partial charge in [0.25, 0.3) is 0 Å². The summed E-state index contributed by atoms with van der Waals surface area (Å²) in [5, 5.41) is 6.67. The number of nitrogens with one attached hydrogen (secondary N) is 1. The summed E-state index contributed by atoms with van der Waals surface area (Å²) in [6.45, 7) is 28.6. The minimum atomic E-state index is -0.541. The summed E-state index contributed by atoms with van der Waals surface area (Å²) in [7, 11) is 8.45. The first-order valence-corrected chi connectivity index (χ1v) is 48.2. The van der Waals surface area contributed by atoms with Gasteiger partial charge in [0.2, 0.25) is 0 Å². The van der Waals surface area contributed by atoms with Gasteiger partial charge in [-0.15, -0.1) is 0 Å². The zero-order valence-electron chi connectivity index (χ0n) is 81.1. The summed E-state index contributed by atoms with van der Waals surface area (Å²) in [5.41, 5.74) is 19.2. The van der Waals surface area contributed by atoms with Crippen molar-refractivity contribution in [2.75, 3.05) is 184 Å². The first-order valence-electron chi connectivity index (χ1n) is 48.2. The Morgan fingerprint density at radius 3 is 0.937 bits per heavy atom. The molecule has 0 aliphatic carbocycles. The predicted octanol–water partition coefficient (Wildman–Crippen LogP) is 15.3. The molecule has 0 bridgehead atoms. The van der Waals surface area contributed by atoms with Crippen molar-refractivity contribution in [2.24, 2.45) is 0 Å². The number of benzene rings is 5. The number of nitrogens with zero attached hydrogens (tertiary/aromatic N) is 21. The van der Waals surface area contributed by atoms with E-state index in [9.17, 15) is 28.4 Å². The third-order valence-corrected chi connectivity index (χ3v) is 27.4.